The van der Waals surface area contributed by atoms with Crippen LogP contribution in [0.3, 0.4) is 0 Å². The zero-order valence-corrected chi connectivity index (χ0v) is 9.84. The molecule has 2 nitrogen and oxygen atoms in total. The van der Waals surface area contributed by atoms with Crippen LogP contribution in [0.2, 0.25) is 0 Å². The lowest BCUT2D eigenvalue weighted by Gasteiger charge is -2.49. The lowest BCUT2D eigenvalue weighted by Crippen LogP contribution is -2.54. The molecule has 2 aliphatic rings. The first kappa shape index (κ1) is 10.4. The Morgan fingerprint density at radius 2 is 1.79 bits per heavy atom. The third-order valence-corrected chi connectivity index (χ3v) is 4.49. The van der Waals surface area contributed by atoms with Gasteiger partial charge in [0.15, 0.2) is 0 Å². The maximum Gasteiger partial charge on any atom is 0.0328 e. The van der Waals surface area contributed by atoms with E-state index in [4.69, 9.17) is 0 Å². The average molecular weight is 196 g/mol. The fourth-order valence-corrected chi connectivity index (χ4v) is 3.64. The van der Waals surface area contributed by atoms with E-state index in [2.05, 4.69) is 24.4 Å². The van der Waals surface area contributed by atoms with E-state index < -0.39 is 0 Å². The van der Waals surface area contributed by atoms with E-state index in [1.807, 2.05) is 7.05 Å². The standard InChI is InChI=1S/C12H24N2/c1-12(14(3)13-2)8-10-5-4-6-11(7-10)9-12/h10-11,13H,4-9H2,1-3H3. The Morgan fingerprint density at radius 3 is 2.29 bits per heavy atom. The molecule has 2 saturated carbocycles. The lowest BCUT2D eigenvalue weighted by atomic mass is 9.65. The first-order chi connectivity index (χ1) is 6.64. The van der Waals surface area contributed by atoms with Gasteiger partial charge in [-0.25, -0.2) is 5.01 Å². The zero-order valence-electron chi connectivity index (χ0n) is 9.84. The number of hydrogen-bond acceptors (Lipinski definition) is 2. The summed E-state index contributed by atoms with van der Waals surface area (Å²) >= 11 is 0. The van der Waals surface area contributed by atoms with Crippen molar-refractivity contribution >= 4 is 0 Å². The third kappa shape index (κ3) is 1.82. The summed E-state index contributed by atoms with van der Waals surface area (Å²) < 4.78 is 0. The van der Waals surface area contributed by atoms with Crippen molar-refractivity contribution in [3.05, 3.63) is 0 Å². The summed E-state index contributed by atoms with van der Waals surface area (Å²) in [4.78, 5) is 0. The Bertz CT molecular complexity index is 190. The topological polar surface area (TPSA) is 15.3 Å². The molecule has 82 valence electrons. The van der Waals surface area contributed by atoms with Gasteiger partial charge in [0.1, 0.15) is 0 Å². The number of nitrogens with zero attached hydrogens (tertiary/aromatic N) is 1. The van der Waals surface area contributed by atoms with Crippen LogP contribution in [0.15, 0.2) is 0 Å². The van der Waals surface area contributed by atoms with Crippen molar-refractivity contribution in [1.29, 1.82) is 0 Å². The summed E-state index contributed by atoms with van der Waals surface area (Å²) in [5, 5.41) is 2.33. The Hall–Kier alpha value is -0.0800. The number of rotatable bonds is 2. The van der Waals surface area contributed by atoms with Crippen LogP contribution in [-0.2, 0) is 0 Å². The summed E-state index contributed by atoms with van der Waals surface area (Å²) in [5.41, 5.74) is 3.70. The van der Waals surface area contributed by atoms with E-state index in [-0.39, 0.29) is 0 Å². The molecular weight excluding hydrogens is 172 g/mol. The molecule has 0 aromatic rings. The van der Waals surface area contributed by atoms with Crippen LogP contribution in [0.25, 0.3) is 0 Å². The number of nitrogens with one attached hydrogen (secondary N) is 1. The fourth-order valence-electron chi connectivity index (χ4n) is 3.64. The maximum absolute atomic E-state index is 3.30. The second kappa shape index (κ2) is 3.82. The SMILES string of the molecule is CNN(C)C1(C)CC2CCCC(C2)C1. The van der Waals surface area contributed by atoms with Crippen molar-refractivity contribution in [3.63, 3.8) is 0 Å². The van der Waals surface area contributed by atoms with Crippen LogP contribution in [0.5, 0.6) is 0 Å². The van der Waals surface area contributed by atoms with Gasteiger partial charge in [-0.2, -0.15) is 0 Å². The number of hydrazine groups is 1. The van der Waals surface area contributed by atoms with E-state index in [1.165, 1.54) is 38.5 Å². The molecule has 0 aliphatic heterocycles. The molecule has 2 rings (SSSR count). The Morgan fingerprint density at radius 1 is 1.21 bits per heavy atom. The molecule has 0 heterocycles. The van der Waals surface area contributed by atoms with Gasteiger partial charge < -0.3 is 0 Å². The van der Waals surface area contributed by atoms with Gasteiger partial charge in [-0.3, -0.25) is 5.43 Å². The first-order valence-electron chi connectivity index (χ1n) is 6.05. The highest BCUT2D eigenvalue weighted by atomic mass is 15.5. The minimum Gasteiger partial charge on any atom is -0.258 e. The maximum atomic E-state index is 3.30. The molecule has 0 amide bonds. The number of fused-ring (bicyclic) bond motifs is 2. The van der Waals surface area contributed by atoms with E-state index in [0.29, 0.717) is 5.54 Å². The van der Waals surface area contributed by atoms with Crippen molar-refractivity contribution in [2.24, 2.45) is 11.8 Å². The summed E-state index contributed by atoms with van der Waals surface area (Å²) in [6.07, 6.45) is 8.72. The molecule has 0 aromatic heterocycles. The van der Waals surface area contributed by atoms with Gasteiger partial charge in [-0.1, -0.05) is 19.3 Å². The van der Waals surface area contributed by atoms with Crippen LogP contribution in [0, 0.1) is 11.8 Å². The van der Waals surface area contributed by atoms with Crippen LogP contribution in [0.1, 0.15) is 45.4 Å². The smallest absolute Gasteiger partial charge is 0.0328 e. The summed E-state index contributed by atoms with van der Waals surface area (Å²) in [7, 11) is 4.23. The van der Waals surface area contributed by atoms with Crippen LogP contribution < -0.4 is 5.43 Å². The molecule has 2 fully saturated rings. The predicted octanol–water partition coefficient (Wildman–Crippen LogP) is 2.41. The second-order valence-electron chi connectivity index (χ2n) is 5.59. The van der Waals surface area contributed by atoms with Gasteiger partial charge in [0.2, 0.25) is 0 Å². The Balaban J connectivity index is 2.06. The minimum absolute atomic E-state index is 0.406. The van der Waals surface area contributed by atoms with Gasteiger partial charge >= 0.3 is 0 Å². The van der Waals surface area contributed by atoms with Crippen molar-refractivity contribution in [3.8, 4) is 0 Å². The Labute approximate surface area is 88.0 Å². The van der Waals surface area contributed by atoms with Gasteiger partial charge in [0.25, 0.3) is 0 Å². The van der Waals surface area contributed by atoms with Crippen LogP contribution in [0.4, 0.5) is 0 Å². The van der Waals surface area contributed by atoms with E-state index in [0.717, 1.165) is 11.8 Å². The van der Waals surface area contributed by atoms with Crippen molar-refractivity contribution in [2.75, 3.05) is 14.1 Å². The minimum atomic E-state index is 0.406. The van der Waals surface area contributed by atoms with Crippen molar-refractivity contribution < 1.29 is 0 Å². The van der Waals surface area contributed by atoms with Crippen molar-refractivity contribution in [1.82, 2.24) is 10.4 Å². The van der Waals surface area contributed by atoms with Gasteiger partial charge in [-0.15, -0.1) is 0 Å². The lowest BCUT2D eigenvalue weighted by molar-refractivity contribution is -0.00728. The zero-order chi connectivity index (χ0) is 10.2. The van der Waals surface area contributed by atoms with E-state index >= 15 is 0 Å². The molecule has 2 atom stereocenters. The molecule has 0 spiro atoms. The van der Waals surface area contributed by atoms with Crippen LogP contribution >= 0.6 is 0 Å². The first-order valence-corrected chi connectivity index (χ1v) is 6.05. The second-order valence-corrected chi connectivity index (χ2v) is 5.59. The van der Waals surface area contributed by atoms with E-state index in [9.17, 15) is 0 Å². The summed E-state index contributed by atoms with van der Waals surface area (Å²) in [5.74, 6) is 2.01. The molecule has 2 aliphatic carbocycles. The largest absolute Gasteiger partial charge is 0.258 e. The molecule has 2 unspecified atom stereocenters. The van der Waals surface area contributed by atoms with Crippen LogP contribution in [-0.4, -0.2) is 24.6 Å². The van der Waals surface area contributed by atoms with Gasteiger partial charge in [0.05, 0.1) is 0 Å². The molecule has 1 N–H and O–H groups in total. The fraction of sp³-hybridized carbons (Fsp3) is 1.00. The van der Waals surface area contributed by atoms with E-state index in [1.54, 1.807) is 0 Å². The quantitative estimate of drug-likeness (QED) is 0.682. The Kier molecular flexibility index (Phi) is 2.85. The summed E-state index contributed by atoms with van der Waals surface area (Å²) in [6.45, 7) is 2.42. The molecule has 2 bridgehead atoms. The van der Waals surface area contributed by atoms with Crippen molar-refractivity contribution in [2.45, 2.75) is 51.0 Å². The molecule has 0 saturated heterocycles. The highest BCUT2D eigenvalue weighted by Crippen LogP contribution is 2.45. The molecule has 2 heteroatoms. The highest BCUT2D eigenvalue weighted by molar-refractivity contribution is 4.94. The molecule has 0 aromatic carbocycles. The molecule has 0 radical (unpaired) electrons. The molecular formula is C12H24N2. The van der Waals surface area contributed by atoms with Gasteiger partial charge in [-0.05, 0) is 45.1 Å². The normalized spacial score (nSPS) is 42.9. The monoisotopic (exact) mass is 196 g/mol. The average Bonchev–Trinajstić information content (AvgIpc) is 2.15. The highest BCUT2D eigenvalue weighted by Gasteiger charge is 2.41. The predicted molar refractivity (Wildman–Crippen MR) is 59.9 cm³/mol. The van der Waals surface area contributed by atoms with Gasteiger partial charge in [0, 0.05) is 12.6 Å². The third-order valence-electron chi connectivity index (χ3n) is 4.49. The number of hydrogen-bond donors (Lipinski definition) is 1. The molecule has 14 heavy (non-hydrogen) atoms. The summed E-state index contributed by atoms with van der Waals surface area (Å²) in [6, 6.07) is 0.